The number of nitrogens with zero attached hydrogens (tertiary/aromatic N) is 1. The van der Waals surface area contributed by atoms with Crippen LogP contribution in [0.15, 0.2) is 58.0 Å². The van der Waals surface area contributed by atoms with Crippen molar-refractivity contribution in [2.24, 2.45) is 5.92 Å². The molecule has 1 aromatic heterocycles. The first-order valence-corrected chi connectivity index (χ1v) is 11.4. The molecular weight excluding hydrogens is 412 g/mol. The fourth-order valence-electron chi connectivity index (χ4n) is 2.38. The van der Waals surface area contributed by atoms with E-state index in [0.717, 1.165) is 16.9 Å². The van der Waals surface area contributed by atoms with Crippen LogP contribution >= 0.6 is 11.8 Å². The number of amides is 1. The minimum atomic E-state index is -0.213. The number of carbonyl (C=O) groups is 1. The molecule has 2 N–H and O–H groups in total. The summed E-state index contributed by atoms with van der Waals surface area (Å²) in [5.74, 6) is 0.701. The van der Waals surface area contributed by atoms with Crippen LogP contribution in [0, 0.1) is 12.8 Å². The van der Waals surface area contributed by atoms with Gasteiger partial charge < -0.3 is 19.7 Å². The van der Waals surface area contributed by atoms with Crippen LogP contribution in [0.3, 0.4) is 0 Å². The molecule has 2 heterocycles. The number of hydrogen-bond donors (Lipinski definition) is 2. The predicted octanol–water partition coefficient (Wildman–Crippen LogP) is 5.08. The Labute approximate surface area is 191 Å². The maximum atomic E-state index is 11.5. The van der Waals surface area contributed by atoms with Crippen molar-refractivity contribution in [2.75, 3.05) is 26.9 Å². The number of hydrogen-bond acceptors (Lipinski definition) is 6. The predicted molar refractivity (Wildman–Crippen MR) is 130 cm³/mol. The zero-order valence-electron chi connectivity index (χ0n) is 19.7. The van der Waals surface area contributed by atoms with Gasteiger partial charge in [0.2, 0.25) is 0 Å². The van der Waals surface area contributed by atoms with E-state index in [1.165, 1.54) is 0 Å². The second-order valence-corrected chi connectivity index (χ2v) is 8.45. The number of thioether (sulfide) groups is 1. The van der Waals surface area contributed by atoms with Crippen LogP contribution in [0.1, 0.15) is 50.4 Å². The maximum Gasteiger partial charge on any atom is 0.273 e. The van der Waals surface area contributed by atoms with Crippen LogP contribution in [0.25, 0.3) is 0 Å². The highest BCUT2D eigenvalue weighted by molar-refractivity contribution is 8.03. The second kappa shape index (κ2) is 17.6. The van der Waals surface area contributed by atoms with E-state index in [4.69, 9.17) is 14.4 Å². The van der Waals surface area contributed by atoms with Gasteiger partial charge in [-0.15, -0.1) is 11.8 Å². The summed E-state index contributed by atoms with van der Waals surface area (Å²) < 4.78 is 9.76. The van der Waals surface area contributed by atoms with Crippen LogP contribution in [-0.4, -0.2) is 48.3 Å². The first-order valence-electron chi connectivity index (χ1n) is 10.6. The Balaban J connectivity index is 0.000000539. The Kier molecular flexibility index (Phi) is 16.4. The van der Waals surface area contributed by atoms with E-state index in [-0.39, 0.29) is 18.4 Å². The average Bonchev–Trinajstić information content (AvgIpc) is 3.19. The van der Waals surface area contributed by atoms with E-state index in [1.807, 2.05) is 45.1 Å². The van der Waals surface area contributed by atoms with Crippen molar-refractivity contribution in [3.05, 3.63) is 65.0 Å². The molecule has 2 rings (SSSR count). The van der Waals surface area contributed by atoms with E-state index in [1.54, 1.807) is 31.9 Å². The molecule has 2 unspecified atom stereocenters. The molecule has 0 saturated carbocycles. The fraction of sp³-hybridized carbons (Fsp3) is 0.500. The van der Waals surface area contributed by atoms with Crippen molar-refractivity contribution in [1.29, 1.82) is 0 Å². The quantitative estimate of drug-likeness (QED) is 0.629. The molecule has 0 aliphatic carbocycles. The number of nitrogens with one attached hydrogen (secondary N) is 1. The van der Waals surface area contributed by atoms with E-state index in [2.05, 4.69) is 30.1 Å². The Morgan fingerprint density at radius 3 is 2.74 bits per heavy atom. The lowest BCUT2D eigenvalue weighted by Gasteiger charge is -2.11. The molecule has 1 aromatic rings. The number of allylic oxidation sites excluding steroid dienone is 6. The van der Waals surface area contributed by atoms with Crippen LogP contribution < -0.4 is 5.32 Å². The summed E-state index contributed by atoms with van der Waals surface area (Å²) in [7, 11) is 1.64. The molecule has 0 fully saturated rings. The van der Waals surface area contributed by atoms with Gasteiger partial charge in [-0.3, -0.25) is 4.79 Å². The normalized spacial score (nSPS) is 20.5. The van der Waals surface area contributed by atoms with Crippen molar-refractivity contribution in [3.63, 3.8) is 0 Å². The van der Waals surface area contributed by atoms with Gasteiger partial charge in [0, 0.05) is 29.9 Å². The SMILES string of the molecule is C=C1/C=C\C=C/CC(C)S/C(CO)=C\1.CC.COCC(C)CNC(=O)c1cc(C)on1. The number of aromatic nitrogens is 1. The van der Waals surface area contributed by atoms with Gasteiger partial charge in [-0.05, 0) is 30.9 Å². The zero-order valence-corrected chi connectivity index (χ0v) is 20.5. The van der Waals surface area contributed by atoms with Crippen molar-refractivity contribution in [1.82, 2.24) is 10.5 Å². The summed E-state index contributed by atoms with van der Waals surface area (Å²) in [6.07, 6.45) is 11.1. The van der Waals surface area contributed by atoms with Gasteiger partial charge in [0.25, 0.3) is 5.91 Å². The molecule has 0 bridgehead atoms. The van der Waals surface area contributed by atoms with Gasteiger partial charge in [0.15, 0.2) is 5.69 Å². The fourth-order valence-corrected chi connectivity index (χ4v) is 3.40. The monoisotopic (exact) mass is 450 g/mol. The van der Waals surface area contributed by atoms with Crippen molar-refractivity contribution >= 4 is 17.7 Å². The molecular formula is C24H38N2O4S. The van der Waals surface area contributed by atoms with Gasteiger partial charge in [-0.2, -0.15) is 0 Å². The molecule has 0 aromatic carbocycles. The van der Waals surface area contributed by atoms with E-state index in [9.17, 15) is 4.79 Å². The number of methoxy groups -OCH3 is 1. The Morgan fingerprint density at radius 2 is 2.16 bits per heavy atom. The molecule has 0 radical (unpaired) electrons. The average molecular weight is 451 g/mol. The minimum Gasteiger partial charge on any atom is -0.391 e. The molecule has 31 heavy (non-hydrogen) atoms. The Hall–Kier alpha value is -2.09. The molecule has 174 valence electrons. The molecule has 0 spiro atoms. The topological polar surface area (TPSA) is 84.6 Å². The molecule has 7 heteroatoms. The minimum absolute atomic E-state index is 0.103. The maximum absolute atomic E-state index is 11.5. The number of ether oxygens (including phenoxy) is 1. The summed E-state index contributed by atoms with van der Waals surface area (Å²) in [5.41, 5.74) is 1.25. The van der Waals surface area contributed by atoms with Crippen LogP contribution in [0.2, 0.25) is 0 Å². The summed E-state index contributed by atoms with van der Waals surface area (Å²) >= 11 is 1.71. The van der Waals surface area contributed by atoms with E-state index < -0.39 is 0 Å². The van der Waals surface area contributed by atoms with E-state index >= 15 is 0 Å². The largest absolute Gasteiger partial charge is 0.391 e. The summed E-state index contributed by atoms with van der Waals surface area (Å²) in [5, 5.41) is 16.0. The third kappa shape index (κ3) is 13.8. The number of rotatable bonds is 6. The number of aliphatic hydroxyl groups is 1. The highest BCUT2D eigenvalue weighted by atomic mass is 32.2. The molecule has 1 aliphatic heterocycles. The van der Waals surface area contributed by atoms with Crippen LogP contribution in [0.4, 0.5) is 0 Å². The molecule has 0 saturated heterocycles. The Morgan fingerprint density at radius 1 is 1.45 bits per heavy atom. The summed E-state index contributed by atoms with van der Waals surface area (Å²) in [6, 6.07) is 1.61. The smallest absolute Gasteiger partial charge is 0.273 e. The zero-order chi connectivity index (χ0) is 23.6. The highest BCUT2D eigenvalue weighted by Gasteiger charge is 2.11. The second-order valence-electron chi connectivity index (χ2n) is 6.89. The van der Waals surface area contributed by atoms with E-state index in [0.29, 0.717) is 29.9 Å². The van der Waals surface area contributed by atoms with Gasteiger partial charge >= 0.3 is 0 Å². The first kappa shape index (κ1) is 28.9. The van der Waals surface area contributed by atoms with Gasteiger partial charge in [0.05, 0.1) is 13.2 Å². The lowest BCUT2D eigenvalue weighted by atomic mass is 10.2. The lowest BCUT2D eigenvalue weighted by molar-refractivity contribution is 0.0925. The lowest BCUT2D eigenvalue weighted by Crippen LogP contribution is -2.30. The summed E-state index contributed by atoms with van der Waals surface area (Å²) in [4.78, 5) is 12.5. The van der Waals surface area contributed by atoms with Crippen LogP contribution in [-0.2, 0) is 4.74 Å². The molecule has 2 atom stereocenters. The standard InChI is InChI=1S/C12H16OS.C10H16N2O3.C2H6/c1-10-6-4-3-5-7-11(2)14-12(8-10)9-13;1-7(6-14-3)5-11-10(13)9-4-8(2)15-12-9;1-2/h3-6,8,11,13H,1,7,9H2,2H3;4,7H,5-6H2,1-3H3,(H,11,13);1-2H3/b5-3-,6-4-,12-8-;;. The summed E-state index contributed by atoms with van der Waals surface area (Å²) in [6.45, 7) is 15.1. The third-order valence-corrected chi connectivity index (χ3v) is 4.95. The molecule has 1 aliphatic rings. The third-order valence-electron chi connectivity index (χ3n) is 3.80. The Bertz CT molecular complexity index is 738. The number of carbonyl (C=O) groups excluding carboxylic acids is 1. The molecule has 1 amide bonds. The van der Waals surface area contributed by atoms with Gasteiger partial charge in [-0.1, -0.05) is 63.7 Å². The molecule has 6 nitrogen and oxygen atoms in total. The first-order chi connectivity index (χ1) is 14.8. The van der Waals surface area contributed by atoms with Crippen molar-refractivity contribution < 1.29 is 19.2 Å². The number of aryl methyl sites for hydroxylation is 1. The highest BCUT2D eigenvalue weighted by Crippen LogP contribution is 2.25. The van der Waals surface area contributed by atoms with Crippen LogP contribution in [0.5, 0.6) is 0 Å². The van der Waals surface area contributed by atoms with Gasteiger partial charge in [0.1, 0.15) is 5.76 Å². The van der Waals surface area contributed by atoms with Crippen molar-refractivity contribution in [3.8, 4) is 0 Å². The van der Waals surface area contributed by atoms with Gasteiger partial charge in [-0.25, -0.2) is 0 Å². The number of aliphatic hydroxyl groups excluding tert-OH is 1. The van der Waals surface area contributed by atoms with Crippen molar-refractivity contribution in [2.45, 2.75) is 46.3 Å².